The standard InChI is InChI=1S/C16H19N7O2/c1-24-8-7-23-20-16(19-21-23)14-11-22(6-9-25-14)15-10-17-12-4-2-3-5-13(12)18-15/h2-5,10,14H,6-9,11H2,1H3. The summed E-state index contributed by atoms with van der Waals surface area (Å²) in [6.07, 6.45) is 1.56. The van der Waals surface area contributed by atoms with Gasteiger partial charge in [-0.2, -0.15) is 4.80 Å². The minimum atomic E-state index is -0.238. The normalized spacial score (nSPS) is 18.0. The van der Waals surface area contributed by atoms with Crippen LogP contribution < -0.4 is 4.90 Å². The van der Waals surface area contributed by atoms with Crippen molar-refractivity contribution in [3.8, 4) is 0 Å². The maximum atomic E-state index is 5.82. The van der Waals surface area contributed by atoms with E-state index in [0.717, 1.165) is 23.4 Å². The van der Waals surface area contributed by atoms with Crippen LogP contribution in [0.2, 0.25) is 0 Å². The highest BCUT2D eigenvalue weighted by Crippen LogP contribution is 2.23. The molecule has 0 amide bonds. The zero-order valence-electron chi connectivity index (χ0n) is 13.9. The fourth-order valence-corrected chi connectivity index (χ4v) is 2.77. The number of ether oxygens (including phenoxy) is 2. The van der Waals surface area contributed by atoms with E-state index in [-0.39, 0.29) is 6.10 Å². The van der Waals surface area contributed by atoms with Gasteiger partial charge in [-0.05, 0) is 17.3 Å². The first-order valence-electron chi connectivity index (χ1n) is 8.18. The summed E-state index contributed by atoms with van der Waals surface area (Å²) >= 11 is 0. The lowest BCUT2D eigenvalue weighted by Crippen LogP contribution is -2.39. The van der Waals surface area contributed by atoms with E-state index >= 15 is 0 Å². The van der Waals surface area contributed by atoms with Crippen LogP contribution in [0.1, 0.15) is 11.9 Å². The van der Waals surface area contributed by atoms with Crippen LogP contribution in [0.4, 0.5) is 5.82 Å². The highest BCUT2D eigenvalue weighted by Gasteiger charge is 2.26. The third-order valence-electron chi connectivity index (χ3n) is 4.08. The van der Waals surface area contributed by atoms with Crippen LogP contribution in [0, 0.1) is 0 Å². The van der Waals surface area contributed by atoms with Gasteiger partial charge in [-0.25, -0.2) is 4.98 Å². The van der Waals surface area contributed by atoms with Crippen molar-refractivity contribution in [2.24, 2.45) is 0 Å². The Morgan fingerprint density at radius 1 is 1.28 bits per heavy atom. The Kier molecular flexibility index (Phi) is 4.49. The predicted octanol–water partition coefficient (Wildman–Crippen LogP) is 0.841. The second-order valence-corrected chi connectivity index (χ2v) is 5.76. The molecule has 1 aromatic carbocycles. The van der Waals surface area contributed by atoms with Crippen molar-refractivity contribution in [2.45, 2.75) is 12.6 Å². The van der Waals surface area contributed by atoms with Crippen LogP contribution in [-0.4, -0.2) is 63.6 Å². The molecular weight excluding hydrogens is 322 g/mol. The smallest absolute Gasteiger partial charge is 0.205 e. The fraction of sp³-hybridized carbons (Fsp3) is 0.438. The zero-order valence-corrected chi connectivity index (χ0v) is 13.9. The largest absolute Gasteiger partial charge is 0.383 e. The summed E-state index contributed by atoms with van der Waals surface area (Å²) in [5.41, 5.74) is 1.77. The van der Waals surface area contributed by atoms with Gasteiger partial charge in [0.1, 0.15) is 11.9 Å². The van der Waals surface area contributed by atoms with E-state index in [4.69, 9.17) is 14.5 Å². The van der Waals surface area contributed by atoms with Crippen LogP contribution >= 0.6 is 0 Å². The van der Waals surface area contributed by atoms with Gasteiger partial charge in [0.25, 0.3) is 0 Å². The van der Waals surface area contributed by atoms with E-state index in [1.54, 1.807) is 13.3 Å². The van der Waals surface area contributed by atoms with E-state index < -0.39 is 0 Å². The molecule has 1 saturated heterocycles. The van der Waals surface area contributed by atoms with Crippen LogP contribution in [0.15, 0.2) is 30.5 Å². The Bertz CT molecular complexity index is 853. The van der Waals surface area contributed by atoms with Gasteiger partial charge < -0.3 is 14.4 Å². The number of aromatic nitrogens is 6. The van der Waals surface area contributed by atoms with E-state index in [9.17, 15) is 0 Å². The molecule has 0 saturated carbocycles. The van der Waals surface area contributed by atoms with E-state index in [1.807, 2.05) is 24.3 Å². The lowest BCUT2D eigenvalue weighted by atomic mass is 10.2. The molecule has 3 aromatic rings. The van der Waals surface area contributed by atoms with Crippen LogP contribution in [0.3, 0.4) is 0 Å². The van der Waals surface area contributed by atoms with Gasteiger partial charge >= 0.3 is 0 Å². The van der Waals surface area contributed by atoms with E-state index in [0.29, 0.717) is 32.1 Å². The average Bonchev–Trinajstić information content (AvgIpc) is 3.15. The summed E-state index contributed by atoms with van der Waals surface area (Å²) in [4.78, 5) is 12.9. The van der Waals surface area contributed by atoms with Gasteiger partial charge in [-0.1, -0.05) is 12.1 Å². The number of methoxy groups -OCH3 is 1. The third-order valence-corrected chi connectivity index (χ3v) is 4.08. The molecule has 130 valence electrons. The van der Waals surface area contributed by atoms with Crippen molar-refractivity contribution in [3.63, 3.8) is 0 Å². The number of hydrogen-bond acceptors (Lipinski definition) is 8. The summed E-state index contributed by atoms with van der Waals surface area (Å²) in [6, 6.07) is 7.84. The summed E-state index contributed by atoms with van der Waals surface area (Å²) in [5.74, 6) is 1.41. The number of nitrogens with zero attached hydrogens (tertiary/aromatic N) is 7. The Morgan fingerprint density at radius 3 is 3.04 bits per heavy atom. The van der Waals surface area contributed by atoms with Gasteiger partial charge in [0.2, 0.25) is 5.82 Å². The van der Waals surface area contributed by atoms with Gasteiger partial charge in [0.15, 0.2) is 0 Å². The molecule has 0 bridgehead atoms. The minimum absolute atomic E-state index is 0.238. The van der Waals surface area contributed by atoms with Crippen LogP contribution in [-0.2, 0) is 16.0 Å². The summed E-state index contributed by atoms with van der Waals surface area (Å²) in [5, 5.41) is 12.5. The fourth-order valence-electron chi connectivity index (χ4n) is 2.77. The van der Waals surface area contributed by atoms with E-state index in [1.165, 1.54) is 4.80 Å². The molecule has 1 unspecified atom stereocenters. The maximum absolute atomic E-state index is 5.82. The highest BCUT2D eigenvalue weighted by molar-refractivity contribution is 5.75. The topological polar surface area (TPSA) is 91.1 Å². The summed E-state index contributed by atoms with van der Waals surface area (Å²) < 4.78 is 10.8. The van der Waals surface area contributed by atoms with Gasteiger partial charge in [-0.3, -0.25) is 4.98 Å². The summed E-state index contributed by atoms with van der Waals surface area (Å²) in [7, 11) is 1.64. The number of tetrazole rings is 1. The van der Waals surface area contributed by atoms with Gasteiger partial charge in [0, 0.05) is 13.7 Å². The number of anilines is 1. The molecule has 25 heavy (non-hydrogen) atoms. The molecule has 0 N–H and O–H groups in total. The second kappa shape index (κ2) is 7.08. The second-order valence-electron chi connectivity index (χ2n) is 5.76. The molecule has 0 radical (unpaired) electrons. The Balaban J connectivity index is 1.50. The SMILES string of the molecule is COCCn1nnc(C2CN(c3cnc4ccccc4n3)CCO2)n1. The lowest BCUT2D eigenvalue weighted by molar-refractivity contribution is 0.0334. The number of para-hydroxylation sites is 2. The quantitative estimate of drug-likeness (QED) is 0.674. The Labute approximate surface area is 144 Å². The molecule has 1 aliphatic rings. The summed E-state index contributed by atoms with van der Waals surface area (Å²) in [6.45, 7) is 3.05. The zero-order chi connectivity index (χ0) is 17.1. The third kappa shape index (κ3) is 3.42. The molecule has 4 rings (SSSR count). The average molecular weight is 341 g/mol. The molecule has 1 atom stereocenters. The lowest BCUT2D eigenvalue weighted by Gasteiger charge is -2.32. The van der Waals surface area contributed by atoms with Crippen molar-refractivity contribution < 1.29 is 9.47 Å². The molecule has 1 fully saturated rings. The van der Waals surface area contributed by atoms with Gasteiger partial charge in [-0.15, -0.1) is 10.2 Å². The minimum Gasteiger partial charge on any atom is -0.383 e. The first kappa shape index (κ1) is 15.9. The van der Waals surface area contributed by atoms with Crippen LogP contribution in [0.25, 0.3) is 11.0 Å². The highest BCUT2D eigenvalue weighted by atomic mass is 16.5. The molecule has 9 heteroatoms. The van der Waals surface area contributed by atoms with E-state index in [2.05, 4.69) is 25.3 Å². The molecule has 0 spiro atoms. The predicted molar refractivity (Wildman–Crippen MR) is 90.1 cm³/mol. The number of benzene rings is 1. The molecule has 2 aromatic heterocycles. The number of fused-ring (bicyclic) bond motifs is 1. The maximum Gasteiger partial charge on any atom is 0.205 e. The molecular formula is C16H19N7O2. The number of morpholine rings is 1. The molecule has 3 heterocycles. The van der Waals surface area contributed by atoms with Crippen molar-refractivity contribution in [3.05, 3.63) is 36.3 Å². The van der Waals surface area contributed by atoms with Crippen molar-refractivity contribution >= 4 is 16.9 Å². The number of hydrogen-bond donors (Lipinski definition) is 0. The Hall–Kier alpha value is -2.65. The van der Waals surface area contributed by atoms with Crippen molar-refractivity contribution in [1.29, 1.82) is 0 Å². The van der Waals surface area contributed by atoms with Crippen molar-refractivity contribution in [2.75, 3.05) is 38.3 Å². The molecule has 0 aliphatic carbocycles. The van der Waals surface area contributed by atoms with Crippen LogP contribution in [0.5, 0.6) is 0 Å². The first-order valence-corrected chi connectivity index (χ1v) is 8.18. The number of rotatable bonds is 5. The monoisotopic (exact) mass is 341 g/mol. The molecule has 1 aliphatic heterocycles. The van der Waals surface area contributed by atoms with Gasteiger partial charge in [0.05, 0.1) is 43.5 Å². The first-order chi connectivity index (χ1) is 12.3. The molecule has 9 nitrogen and oxygen atoms in total. The Morgan fingerprint density at radius 2 is 2.16 bits per heavy atom. The van der Waals surface area contributed by atoms with Crippen molar-refractivity contribution in [1.82, 2.24) is 30.2 Å².